The Labute approximate surface area is 343 Å². The van der Waals surface area contributed by atoms with Crippen LogP contribution in [-0.2, 0) is 0 Å². The molecule has 4 heterocycles. The molecule has 0 fully saturated rings. The summed E-state index contributed by atoms with van der Waals surface area (Å²) in [5.74, 6) is 1.82. The lowest BCUT2D eigenvalue weighted by Crippen LogP contribution is -2.06. The summed E-state index contributed by atoms with van der Waals surface area (Å²) in [7, 11) is 0. The first-order valence-electron chi connectivity index (χ1n) is 19.3. The molecular weight excluding hydrogens is 745 g/mol. The summed E-state index contributed by atoms with van der Waals surface area (Å²) in [5.41, 5.74) is 9.86. The zero-order valence-corrected chi connectivity index (χ0v) is 33.2. The fraction of sp³-hybridized carbons (Fsp3) is 0.0192. The molecule has 4 aromatic heterocycles. The summed E-state index contributed by atoms with van der Waals surface area (Å²) in [4.78, 5) is 17.1. The molecule has 7 aromatic carbocycles. The number of aryl methyl sites for hydroxylation is 1. The van der Waals surface area contributed by atoms with Crippen molar-refractivity contribution in [2.24, 2.45) is 0 Å². The van der Waals surface area contributed by atoms with Crippen LogP contribution in [0.1, 0.15) is 10.4 Å². The summed E-state index contributed by atoms with van der Waals surface area (Å²) in [5, 5.41) is 6.13. The minimum Gasteiger partial charge on any atom is -0.278 e. The highest BCUT2D eigenvalue weighted by Gasteiger charge is 2.21. The average Bonchev–Trinajstić information content (AvgIpc) is 3.92. The number of allylic oxidation sites excluding steroid dienone is 2. The lowest BCUT2D eigenvalue weighted by atomic mass is 10.0. The number of aromatic nitrogens is 4. The minimum absolute atomic E-state index is 0.583. The topological polar surface area (TPSA) is 43.6 Å². The van der Waals surface area contributed by atoms with Crippen molar-refractivity contribution in [3.63, 3.8) is 0 Å². The van der Waals surface area contributed by atoms with Gasteiger partial charge in [0, 0.05) is 51.6 Å². The van der Waals surface area contributed by atoms with E-state index in [4.69, 9.17) is 15.0 Å². The Bertz CT molecular complexity index is 3290. The Balaban J connectivity index is 1.17. The fourth-order valence-corrected chi connectivity index (χ4v) is 10.4. The molecule has 0 unspecified atom stereocenters. The third-order valence-electron chi connectivity index (χ3n) is 11.1. The third-order valence-corrected chi connectivity index (χ3v) is 13.4. The van der Waals surface area contributed by atoms with Gasteiger partial charge in [0.2, 0.25) is 5.95 Å². The maximum Gasteiger partial charge on any atom is 0.238 e. The normalized spacial score (nSPS) is 11.9. The smallest absolute Gasteiger partial charge is 0.238 e. The molecule has 6 heteroatoms. The van der Waals surface area contributed by atoms with Crippen molar-refractivity contribution in [3.05, 3.63) is 187 Å². The van der Waals surface area contributed by atoms with Crippen LogP contribution in [0.25, 0.3) is 109 Å². The van der Waals surface area contributed by atoms with Crippen molar-refractivity contribution in [1.29, 1.82) is 0 Å². The van der Waals surface area contributed by atoms with Gasteiger partial charge < -0.3 is 0 Å². The zero-order chi connectivity index (χ0) is 38.7. The Hall–Kier alpha value is -6.99. The van der Waals surface area contributed by atoms with Crippen molar-refractivity contribution in [3.8, 4) is 51.0 Å². The number of fused-ring (bicyclic) bond motifs is 7. The van der Waals surface area contributed by atoms with Gasteiger partial charge in [0.1, 0.15) is 0 Å². The first kappa shape index (κ1) is 34.3. The summed E-state index contributed by atoms with van der Waals surface area (Å²) in [6.45, 7) is 6.12. The van der Waals surface area contributed by atoms with Gasteiger partial charge in [0.05, 0.1) is 11.0 Å². The molecule has 58 heavy (non-hydrogen) atoms. The molecule has 0 aliphatic rings. The van der Waals surface area contributed by atoms with E-state index < -0.39 is 0 Å². The second kappa shape index (κ2) is 13.9. The SMILES string of the molecule is C=C/C=C\c1sc2cc3c(cc2c1C)c1cc2c(cc1n3-c1nc(-c3ccc(-c4ccccc4)cc3)nc(-c3ccc(-c4ccccc4)cc3)n1)sc1ccccc12. The second-order valence-corrected chi connectivity index (χ2v) is 16.7. The van der Waals surface area contributed by atoms with Gasteiger partial charge >= 0.3 is 0 Å². The predicted octanol–water partition coefficient (Wildman–Crippen LogP) is 14.7. The van der Waals surface area contributed by atoms with Gasteiger partial charge in [-0.25, -0.2) is 4.98 Å². The largest absolute Gasteiger partial charge is 0.278 e. The van der Waals surface area contributed by atoms with Crippen LogP contribution >= 0.6 is 22.7 Å². The third kappa shape index (κ3) is 5.76. The standard InChI is InChI=1S/C52H34N4S2/c1-3-4-18-46-32(2)40-28-41-42-29-43-39-17-11-12-19-47(39)58-49(43)31-45(42)56(44(41)30-48(40)57-46)52-54-50(37-24-20-35(21-25-37)33-13-7-5-8-14-33)53-51(55-52)38-26-22-36(23-27-38)34-15-9-6-10-16-34/h3-31H,1H2,2H3/b18-4-. The summed E-state index contributed by atoms with van der Waals surface area (Å²) < 4.78 is 5.98. The van der Waals surface area contributed by atoms with Crippen LogP contribution in [0.2, 0.25) is 0 Å². The van der Waals surface area contributed by atoms with E-state index in [1.54, 1.807) is 11.3 Å². The van der Waals surface area contributed by atoms with E-state index in [-0.39, 0.29) is 0 Å². The van der Waals surface area contributed by atoms with Crippen LogP contribution in [0.15, 0.2) is 176 Å². The fourth-order valence-electron chi connectivity index (χ4n) is 8.10. The van der Waals surface area contributed by atoms with Crippen LogP contribution in [-0.4, -0.2) is 19.5 Å². The van der Waals surface area contributed by atoms with Crippen LogP contribution in [0.4, 0.5) is 0 Å². The molecule has 0 spiro atoms. The van der Waals surface area contributed by atoms with E-state index in [1.165, 1.54) is 62.6 Å². The zero-order valence-electron chi connectivity index (χ0n) is 31.6. The first-order valence-corrected chi connectivity index (χ1v) is 20.9. The first-order chi connectivity index (χ1) is 28.6. The highest BCUT2D eigenvalue weighted by molar-refractivity contribution is 7.25. The van der Waals surface area contributed by atoms with Crippen molar-refractivity contribution < 1.29 is 0 Å². The number of nitrogens with zero attached hydrogens (tertiary/aromatic N) is 4. The molecule has 4 nitrogen and oxygen atoms in total. The van der Waals surface area contributed by atoms with E-state index in [9.17, 15) is 0 Å². The number of hydrogen-bond donors (Lipinski definition) is 0. The van der Waals surface area contributed by atoms with Gasteiger partial charge in [-0.15, -0.1) is 22.7 Å². The molecule has 0 radical (unpaired) electrons. The van der Waals surface area contributed by atoms with Gasteiger partial charge in [-0.3, -0.25) is 4.57 Å². The number of thiophene rings is 2. The monoisotopic (exact) mass is 778 g/mol. The number of rotatable bonds is 7. The van der Waals surface area contributed by atoms with Gasteiger partial charge in [0.15, 0.2) is 11.6 Å². The molecule has 0 bridgehead atoms. The Morgan fingerprint density at radius 1 is 0.466 bits per heavy atom. The van der Waals surface area contributed by atoms with Crippen LogP contribution < -0.4 is 0 Å². The summed E-state index contributed by atoms with van der Waals surface area (Å²) in [6, 6.07) is 56.1. The number of benzene rings is 7. The maximum absolute atomic E-state index is 5.33. The molecule has 0 saturated heterocycles. The van der Waals surface area contributed by atoms with E-state index in [0.717, 1.165) is 33.3 Å². The van der Waals surface area contributed by atoms with E-state index in [0.29, 0.717) is 17.6 Å². The van der Waals surface area contributed by atoms with Gasteiger partial charge in [-0.1, -0.05) is 146 Å². The molecule has 0 amide bonds. The lowest BCUT2D eigenvalue weighted by molar-refractivity contribution is 0.954. The molecule has 0 N–H and O–H groups in total. The maximum atomic E-state index is 5.33. The van der Waals surface area contributed by atoms with E-state index in [1.807, 2.05) is 35.6 Å². The van der Waals surface area contributed by atoms with Gasteiger partial charge in [0.25, 0.3) is 0 Å². The molecule has 274 valence electrons. The Morgan fingerprint density at radius 3 is 1.55 bits per heavy atom. The summed E-state index contributed by atoms with van der Waals surface area (Å²) in [6.07, 6.45) is 6.00. The van der Waals surface area contributed by atoms with Crippen molar-refractivity contribution in [1.82, 2.24) is 19.5 Å². The predicted molar refractivity (Wildman–Crippen MR) is 248 cm³/mol. The molecule has 0 aliphatic carbocycles. The van der Waals surface area contributed by atoms with Crippen molar-refractivity contribution >= 4 is 80.8 Å². The summed E-state index contributed by atoms with van der Waals surface area (Å²) >= 11 is 3.62. The average molecular weight is 779 g/mol. The number of hydrogen-bond acceptors (Lipinski definition) is 5. The Kier molecular flexibility index (Phi) is 8.21. The molecule has 0 atom stereocenters. The van der Waals surface area contributed by atoms with Gasteiger partial charge in [-0.2, -0.15) is 9.97 Å². The highest BCUT2D eigenvalue weighted by atomic mass is 32.1. The Morgan fingerprint density at radius 2 is 0.966 bits per heavy atom. The highest BCUT2D eigenvalue weighted by Crippen LogP contribution is 2.43. The second-order valence-electron chi connectivity index (χ2n) is 14.5. The van der Waals surface area contributed by atoms with Crippen LogP contribution in [0, 0.1) is 6.92 Å². The van der Waals surface area contributed by atoms with Crippen LogP contribution in [0.5, 0.6) is 0 Å². The van der Waals surface area contributed by atoms with Gasteiger partial charge in [-0.05, 0) is 76.5 Å². The molecule has 0 saturated carbocycles. The lowest BCUT2D eigenvalue weighted by Gasteiger charge is -2.12. The van der Waals surface area contributed by atoms with E-state index >= 15 is 0 Å². The van der Waals surface area contributed by atoms with Crippen molar-refractivity contribution in [2.45, 2.75) is 6.92 Å². The quantitative estimate of drug-likeness (QED) is 0.151. The molecular formula is C52H34N4S2. The van der Waals surface area contributed by atoms with Crippen molar-refractivity contribution in [2.75, 3.05) is 0 Å². The molecule has 11 aromatic rings. The minimum atomic E-state index is 0.583. The molecule has 0 aliphatic heterocycles. The van der Waals surface area contributed by atoms with E-state index in [2.05, 4.69) is 170 Å². The van der Waals surface area contributed by atoms with Crippen LogP contribution in [0.3, 0.4) is 0 Å². The molecule has 11 rings (SSSR count).